The van der Waals surface area contributed by atoms with Crippen LogP contribution in [0.25, 0.3) is 11.0 Å². The largest absolute Gasteiger partial charge is 0.348 e. The van der Waals surface area contributed by atoms with Crippen LogP contribution < -0.4 is 10.9 Å². The van der Waals surface area contributed by atoms with Gasteiger partial charge in [0.1, 0.15) is 5.65 Å². The number of benzene rings is 1. The highest BCUT2D eigenvalue weighted by molar-refractivity contribution is 6.30. The molecule has 0 spiro atoms. The van der Waals surface area contributed by atoms with E-state index in [1.54, 1.807) is 16.7 Å². The highest BCUT2D eigenvalue weighted by Crippen LogP contribution is 2.22. The first-order valence-corrected chi connectivity index (χ1v) is 9.13. The lowest BCUT2D eigenvalue weighted by atomic mass is 10.1. The van der Waals surface area contributed by atoms with Crippen LogP contribution in [0.15, 0.2) is 41.2 Å². The summed E-state index contributed by atoms with van der Waals surface area (Å²) in [5.41, 5.74) is 2.56. The maximum atomic E-state index is 12.3. The predicted molar refractivity (Wildman–Crippen MR) is 107 cm³/mol. The van der Waals surface area contributed by atoms with E-state index in [0.29, 0.717) is 29.1 Å². The minimum atomic E-state index is -0.0407. The fourth-order valence-electron chi connectivity index (χ4n) is 2.95. The van der Waals surface area contributed by atoms with Gasteiger partial charge in [0.15, 0.2) is 0 Å². The Kier molecular flexibility index (Phi) is 5.28. The zero-order valence-electron chi connectivity index (χ0n) is 15.5. The van der Waals surface area contributed by atoms with E-state index in [2.05, 4.69) is 29.1 Å². The van der Waals surface area contributed by atoms with Crippen LogP contribution in [0, 0.1) is 12.8 Å². The zero-order valence-corrected chi connectivity index (χ0v) is 16.2. The van der Waals surface area contributed by atoms with Crippen LogP contribution in [-0.4, -0.2) is 14.5 Å². The number of hydrogen-bond donors (Lipinski definition) is 1. The molecule has 2 heterocycles. The van der Waals surface area contributed by atoms with Crippen LogP contribution in [0.2, 0.25) is 5.02 Å². The average molecular weight is 371 g/mol. The van der Waals surface area contributed by atoms with Gasteiger partial charge in [-0.25, -0.2) is 4.98 Å². The van der Waals surface area contributed by atoms with Gasteiger partial charge in [0.05, 0.1) is 11.7 Å². The van der Waals surface area contributed by atoms with E-state index in [-0.39, 0.29) is 11.6 Å². The lowest BCUT2D eigenvalue weighted by molar-refractivity contribution is 0.521. The molecule has 0 radical (unpaired) electrons. The van der Waals surface area contributed by atoms with Crippen molar-refractivity contribution in [3.8, 4) is 0 Å². The maximum Gasteiger partial charge on any atom is 0.252 e. The molecule has 0 amide bonds. The highest BCUT2D eigenvalue weighted by Gasteiger charge is 2.13. The first-order chi connectivity index (χ1) is 12.3. The van der Waals surface area contributed by atoms with Gasteiger partial charge >= 0.3 is 0 Å². The Morgan fingerprint density at radius 3 is 2.42 bits per heavy atom. The summed E-state index contributed by atoms with van der Waals surface area (Å²) in [7, 11) is 0. The Balaban J connectivity index is 2.01. The number of halogens is 1. The van der Waals surface area contributed by atoms with E-state index < -0.39 is 0 Å². The summed E-state index contributed by atoms with van der Waals surface area (Å²) in [4.78, 5) is 21.6. The molecule has 0 bridgehead atoms. The van der Waals surface area contributed by atoms with E-state index in [9.17, 15) is 4.79 Å². The van der Waals surface area contributed by atoms with Crippen LogP contribution in [0.4, 0.5) is 5.95 Å². The topological polar surface area (TPSA) is 59.8 Å². The normalized spacial score (nSPS) is 12.5. The Labute approximate surface area is 158 Å². The standard InChI is InChI=1S/C20H23ClN4O/c1-12(2)11-25-18(26)10-9-17-14(4)23-20(24-19(17)25)22-13(3)15-5-7-16(21)8-6-15/h5-10,12-13H,11H2,1-4H3,(H,22,23,24)/t13-/m0/s1. The molecular weight excluding hydrogens is 348 g/mol. The number of nitrogens with one attached hydrogen (secondary N) is 1. The van der Waals surface area contributed by atoms with Crippen molar-refractivity contribution in [1.29, 1.82) is 0 Å². The van der Waals surface area contributed by atoms with Crippen LogP contribution in [0.1, 0.15) is 38.1 Å². The third-order valence-corrected chi connectivity index (χ3v) is 4.55. The number of anilines is 1. The summed E-state index contributed by atoms with van der Waals surface area (Å²) >= 11 is 5.96. The molecular formula is C20H23ClN4O. The highest BCUT2D eigenvalue weighted by atomic mass is 35.5. The summed E-state index contributed by atoms with van der Waals surface area (Å²) in [6.45, 7) is 8.77. The Bertz CT molecular complexity index is 980. The van der Waals surface area contributed by atoms with Crippen molar-refractivity contribution in [3.63, 3.8) is 0 Å². The molecule has 5 nitrogen and oxygen atoms in total. The lowest BCUT2D eigenvalue weighted by Gasteiger charge is -2.17. The van der Waals surface area contributed by atoms with Gasteiger partial charge in [0.2, 0.25) is 5.95 Å². The van der Waals surface area contributed by atoms with Crippen molar-refractivity contribution < 1.29 is 0 Å². The average Bonchev–Trinajstić information content (AvgIpc) is 2.58. The smallest absolute Gasteiger partial charge is 0.252 e. The third-order valence-electron chi connectivity index (χ3n) is 4.29. The first kappa shape index (κ1) is 18.4. The molecule has 0 saturated heterocycles. The second-order valence-corrected chi connectivity index (χ2v) is 7.40. The summed E-state index contributed by atoms with van der Waals surface area (Å²) < 4.78 is 1.73. The number of hydrogen-bond acceptors (Lipinski definition) is 4. The van der Waals surface area contributed by atoms with Gasteiger partial charge in [-0.1, -0.05) is 37.6 Å². The van der Waals surface area contributed by atoms with E-state index in [0.717, 1.165) is 16.6 Å². The van der Waals surface area contributed by atoms with Gasteiger partial charge in [0.25, 0.3) is 5.56 Å². The van der Waals surface area contributed by atoms with Gasteiger partial charge in [0, 0.05) is 23.0 Å². The molecule has 0 aliphatic heterocycles. The lowest BCUT2D eigenvalue weighted by Crippen LogP contribution is -2.23. The van der Waals surface area contributed by atoms with Gasteiger partial charge in [-0.2, -0.15) is 4.98 Å². The molecule has 1 aromatic carbocycles. The third kappa shape index (κ3) is 3.88. The first-order valence-electron chi connectivity index (χ1n) is 8.75. The monoisotopic (exact) mass is 370 g/mol. The van der Waals surface area contributed by atoms with E-state index in [1.165, 1.54) is 0 Å². The molecule has 26 heavy (non-hydrogen) atoms. The van der Waals surface area contributed by atoms with Crippen molar-refractivity contribution in [2.75, 3.05) is 5.32 Å². The number of nitrogens with zero attached hydrogens (tertiary/aromatic N) is 3. The second-order valence-electron chi connectivity index (χ2n) is 6.96. The Hall–Kier alpha value is -2.40. The number of pyridine rings is 1. The molecule has 0 unspecified atom stereocenters. The molecule has 0 fully saturated rings. The number of aromatic nitrogens is 3. The van der Waals surface area contributed by atoms with E-state index in [4.69, 9.17) is 11.6 Å². The van der Waals surface area contributed by atoms with Crippen LogP contribution in [0.3, 0.4) is 0 Å². The van der Waals surface area contributed by atoms with Crippen molar-refractivity contribution >= 4 is 28.6 Å². The summed E-state index contributed by atoms with van der Waals surface area (Å²) in [6.07, 6.45) is 0. The number of fused-ring (bicyclic) bond motifs is 1. The van der Waals surface area contributed by atoms with E-state index >= 15 is 0 Å². The summed E-state index contributed by atoms with van der Waals surface area (Å²) in [5, 5.41) is 4.93. The molecule has 136 valence electrons. The quantitative estimate of drug-likeness (QED) is 0.714. The molecule has 3 rings (SSSR count). The number of aryl methyl sites for hydroxylation is 1. The summed E-state index contributed by atoms with van der Waals surface area (Å²) in [5.74, 6) is 0.860. The molecule has 3 aromatic rings. The molecule has 0 aliphatic rings. The Morgan fingerprint density at radius 1 is 1.08 bits per heavy atom. The van der Waals surface area contributed by atoms with Crippen LogP contribution in [-0.2, 0) is 6.54 Å². The fourth-order valence-corrected chi connectivity index (χ4v) is 3.08. The Morgan fingerprint density at radius 2 is 1.77 bits per heavy atom. The number of rotatable bonds is 5. The molecule has 2 aromatic heterocycles. The van der Waals surface area contributed by atoms with Crippen molar-refractivity contribution in [3.05, 3.63) is 63.0 Å². The fraction of sp³-hybridized carbons (Fsp3) is 0.350. The minimum Gasteiger partial charge on any atom is -0.348 e. The summed E-state index contributed by atoms with van der Waals surface area (Å²) in [6, 6.07) is 11.1. The van der Waals surface area contributed by atoms with Crippen LogP contribution in [0.5, 0.6) is 0 Å². The van der Waals surface area contributed by atoms with Crippen molar-refractivity contribution in [1.82, 2.24) is 14.5 Å². The van der Waals surface area contributed by atoms with Gasteiger partial charge < -0.3 is 5.32 Å². The van der Waals surface area contributed by atoms with Gasteiger partial charge in [-0.15, -0.1) is 0 Å². The van der Waals surface area contributed by atoms with E-state index in [1.807, 2.05) is 38.1 Å². The van der Waals surface area contributed by atoms with Crippen molar-refractivity contribution in [2.24, 2.45) is 5.92 Å². The maximum absolute atomic E-state index is 12.3. The van der Waals surface area contributed by atoms with Crippen LogP contribution >= 0.6 is 11.6 Å². The molecule has 1 atom stereocenters. The predicted octanol–water partition coefficient (Wildman–Crippen LogP) is 4.58. The van der Waals surface area contributed by atoms with Gasteiger partial charge in [-0.3, -0.25) is 9.36 Å². The minimum absolute atomic E-state index is 0.0121. The molecule has 6 heteroatoms. The molecule has 0 saturated carbocycles. The second kappa shape index (κ2) is 7.46. The van der Waals surface area contributed by atoms with Gasteiger partial charge in [-0.05, 0) is 43.5 Å². The molecule has 1 N–H and O–H groups in total. The molecule has 0 aliphatic carbocycles. The van der Waals surface area contributed by atoms with Crippen molar-refractivity contribution in [2.45, 2.75) is 40.3 Å². The SMILES string of the molecule is Cc1nc(N[C@@H](C)c2ccc(Cl)cc2)nc2c1ccc(=O)n2CC(C)C. The zero-order chi connectivity index (χ0) is 18.8.